The molecule has 102 valence electrons. The second kappa shape index (κ2) is 7.09. The molecule has 0 atom stereocenters. The summed E-state index contributed by atoms with van der Waals surface area (Å²) >= 11 is 24.1. The fourth-order valence-corrected chi connectivity index (χ4v) is 2.40. The van der Waals surface area contributed by atoms with Crippen molar-refractivity contribution in [3.8, 4) is 0 Å². The third kappa shape index (κ3) is 3.74. The summed E-state index contributed by atoms with van der Waals surface area (Å²) in [4.78, 5) is 0. The lowest BCUT2D eigenvalue weighted by atomic mass is 10.2. The van der Waals surface area contributed by atoms with Crippen molar-refractivity contribution < 1.29 is 0 Å². The molecular weight excluding hydrogens is 338 g/mol. The number of halogens is 4. The molecule has 2 rings (SSSR count). The third-order valence-corrected chi connectivity index (χ3v) is 3.64. The number of rotatable bonds is 3. The predicted molar refractivity (Wildman–Crippen MR) is 87.7 cm³/mol. The highest BCUT2D eigenvalue weighted by molar-refractivity contribution is 6.72. The van der Waals surface area contributed by atoms with Crippen LogP contribution in [0.4, 0.5) is 0 Å². The van der Waals surface area contributed by atoms with Gasteiger partial charge in [-0.1, -0.05) is 82.8 Å². The lowest BCUT2D eigenvalue weighted by molar-refractivity contribution is 1.25. The normalized spacial score (nSPS) is 12.6. The van der Waals surface area contributed by atoms with Crippen LogP contribution in [0.1, 0.15) is 11.1 Å². The van der Waals surface area contributed by atoms with Crippen LogP contribution >= 0.6 is 46.4 Å². The van der Waals surface area contributed by atoms with E-state index >= 15 is 0 Å². The molecule has 0 amide bonds. The highest BCUT2D eigenvalue weighted by Crippen LogP contribution is 2.20. The number of hydrogen-bond donors (Lipinski definition) is 0. The van der Waals surface area contributed by atoms with Crippen molar-refractivity contribution in [3.63, 3.8) is 0 Å². The molecule has 0 aliphatic rings. The molecule has 0 bridgehead atoms. The summed E-state index contributed by atoms with van der Waals surface area (Å²) in [6.07, 6.45) is 0. The van der Waals surface area contributed by atoms with Gasteiger partial charge in [-0.3, -0.25) is 0 Å². The summed E-state index contributed by atoms with van der Waals surface area (Å²) in [6.45, 7) is 0. The van der Waals surface area contributed by atoms with Crippen LogP contribution in [0, 0.1) is 0 Å². The molecule has 6 heteroatoms. The Bertz CT molecular complexity index is 621. The van der Waals surface area contributed by atoms with Crippen LogP contribution < -0.4 is 0 Å². The Balaban J connectivity index is 2.30. The minimum Gasteiger partial charge on any atom is -0.136 e. The van der Waals surface area contributed by atoms with Crippen LogP contribution in [0.5, 0.6) is 0 Å². The quantitative estimate of drug-likeness (QED) is 0.512. The van der Waals surface area contributed by atoms with Crippen LogP contribution in [0.25, 0.3) is 0 Å². The number of hydrogen-bond acceptors (Lipinski definition) is 2. The Morgan fingerprint density at radius 2 is 1.00 bits per heavy atom. The van der Waals surface area contributed by atoms with Crippen molar-refractivity contribution in [3.05, 3.63) is 69.7 Å². The second-order valence-electron chi connectivity index (χ2n) is 3.74. The topological polar surface area (TPSA) is 24.7 Å². The Kier molecular flexibility index (Phi) is 5.44. The first-order valence-corrected chi connectivity index (χ1v) is 7.07. The maximum absolute atomic E-state index is 6.05. The largest absolute Gasteiger partial charge is 0.160 e. The average molecular weight is 346 g/mol. The molecule has 0 spiro atoms. The summed E-state index contributed by atoms with van der Waals surface area (Å²) in [5, 5.41) is 9.02. The molecule has 0 aliphatic heterocycles. The SMILES string of the molecule is ClC(=NN=C(Cl)c1ccccc1Cl)c1ccccc1Cl. The van der Waals surface area contributed by atoms with E-state index < -0.39 is 0 Å². The van der Waals surface area contributed by atoms with Crippen molar-refractivity contribution in [1.82, 2.24) is 0 Å². The van der Waals surface area contributed by atoms with Crippen molar-refractivity contribution in [2.75, 3.05) is 0 Å². The van der Waals surface area contributed by atoms with E-state index in [1.807, 2.05) is 0 Å². The van der Waals surface area contributed by atoms with E-state index in [-0.39, 0.29) is 10.3 Å². The van der Waals surface area contributed by atoms with Gasteiger partial charge in [0.1, 0.15) is 0 Å². The highest BCUT2D eigenvalue weighted by Gasteiger charge is 2.07. The summed E-state index contributed by atoms with van der Waals surface area (Å²) in [6, 6.07) is 14.1. The maximum Gasteiger partial charge on any atom is 0.160 e. The van der Waals surface area contributed by atoms with Gasteiger partial charge >= 0.3 is 0 Å². The fourth-order valence-electron chi connectivity index (χ4n) is 1.45. The Hall–Kier alpha value is -1.06. The maximum atomic E-state index is 6.05. The molecule has 0 radical (unpaired) electrons. The molecule has 0 aliphatic carbocycles. The lowest BCUT2D eigenvalue weighted by Crippen LogP contribution is -1.94. The van der Waals surface area contributed by atoms with E-state index in [9.17, 15) is 0 Å². The van der Waals surface area contributed by atoms with E-state index in [2.05, 4.69) is 10.2 Å². The minimum atomic E-state index is 0.154. The van der Waals surface area contributed by atoms with Gasteiger partial charge in [-0.25, -0.2) is 0 Å². The first kappa shape index (κ1) is 15.3. The Morgan fingerprint density at radius 1 is 0.650 bits per heavy atom. The first-order valence-electron chi connectivity index (χ1n) is 5.56. The van der Waals surface area contributed by atoms with Gasteiger partial charge in [-0.2, -0.15) is 0 Å². The molecule has 2 nitrogen and oxygen atoms in total. The third-order valence-electron chi connectivity index (χ3n) is 2.42. The average Bonchev–Trinajstić information content (AvgIpc) is 2.45. The fraction of sp³-hybridized carbons (Fsp3) is 0. The highest BCUT2D eigenvalue weighted by atomic mass is 35.5. The number of benzene rings is 2. The number of nitrogens with zero attached hydrogens (tertiary/aromatic N) is 2. The van der Waals surface area contributed by atoms with Crippen molar-refractivity contribution in [2.24, 2.45) is 10.2 Å². The van der Waals surface area contributed by atoms with E-state index in [0.29, 0.717) is 21.2 Å². The van der Waals surface area contributed by atoms with Gasteiger partial charge in [-0.05, 0) is 12.1 Å². The first-order chi connectivity index (χ1) is 9.59. The molecule has 0 aromatic heterocycles. The monoisotopic (exact) mass is 344 g/mol. The molecule has 20 heavy (non-hydrogen) atoms. The molecule has 0 fully saturated rings. The van der Waals surface area contributed by atoms with Gasteiger partial charge in [0.05, 0.1) is 10.0 Å². The predicted octanol–water partition coefficient (Wildman–Crippen LogP) is 5.58. The van der Waals surface area contributed by atoms with Gasteiger partial charge < -0.3 is 0 Å². The molecule has 0 N–H and O–H groups in total. The summed E-state index contributed by atoms with van der Waals surface area (Å²) in [5.41, 5.74) is 1.17. The molecule has 0 saturated carbocycles. The van der Waals surface area contributed by atoms with Crippen molar-refractivity contribution in [2.45, 2.75) is 0 Å². The Labute approximate surface area is 136 Å². The van der Waals surface area contributed by atoms with Crippen molar-refractivity contribution >= 4 is 56.7 Å². The summed E-state index contributed by atoms with van der Waals surface area (Å²) in [5.74, 6) is 0. The molecule has 0 heterocycles. The van der Waals surface area contributed by atoms with Crippen LogP contribution in [0.3, 0.4) is 0 Å². The van der Waals surface area contributed by atoms with E-state index in [0.717, 1.165) is 0 Å². The molecule has 2 aromatic carbocycles. The second-order valence-corrected chi connectivity index (χ2v) is 5.27. The Morgan fingerprint density at radius 3 is 1.35 bits per heavy atom. The molecule has 2 aromatic rings. The van der Waals surface area contributed by atoms with Crippen LogP contribution in [-0.4, -0.2) is 10.3 Å². The molecule has 0 unspecified atom stereocenters. The van der Waals surface area contributed by atoms with E-state index in [4.69, 9.17) is 46.4 Å². The van der Waals surface area contributed by atoms with Crippen LogP contribution in [0.2, 0.25) is 10.0 Å². The van der Waals surface area contributed by atoms with Crippen LogP contribution in [0.15, 0.2) is 58.7 Å². The van der Waals surface area contributed by atoms with Gasteiger partial charge in [-0.15, -0.1) is 10.2 Å². The van der Waals surface area contributed by atoms with Crippen LogP contribution in [-0.2, 0) is 0 Å². The minimum absolute atomic E-state index is 0.154. The van der Waals surface area contributed by atoms with Gasteiger partial charge in [0.25, 0.3) is 0 Å². The van der Waals surface area contributed by atoms with Gasteiger partial charge in [0.15, 0.2) is 10.3 Å². The van der Waals surface area contributed by atoms with Gasteiger partial charge in [0.2, 0.25) is 0 Å². The van der Waals surface area contributed by atoms with Crippen molar-refractivity contribution in [1.29, 1.82) is 0 Å². The van der Waals surface area contributed by atoms with Gasteiger partial charge in [0, 0.05) is 11.1 Å². The molecular formula is C14H8Cl4N2. The molecule has 0 saturated heterocycles. The lowest BCUT2D eigenvalue weighted by Gasteiger charge is -2.01. The standard InChI is InChI=1S/C14H8Cl4N2/c15-11-7-3-1-5-9(11)13(17)19-20-14(18)10-6-2-4-8-12(10)16/h1-8H. The zero-order valence-corrected chi connectivity index (χ0v) is 13.0. The zero-order valence-electron chi connectivity index (χ0n) is 10.0. The van der Waals surface area contributed by atoms with E-state index in [1.54, 1.807) is 48.5 Å². The zero-order chi connectivity index (χ0) is 14.5. The van der Waals surface area contributed by atoms with E-state index in [1.165, 1.54) is 0 Å². The summed E-state index contributed by atoms with van der Waals surface area (Å²) < 4.78 is 0. The summed E-state index contributed by atoms with van der Waals surface area (Å²) in [7, 11) is 0. The smallest absolute Gasteiger partial charge is 0.136 e.